The number of hydrogen-bond donors (Lipinski definition) is 1. The Labute approximate surface area is 132 Å². The van der Waals surface area contributed by atoms with Gasteiger partial charge in [-0.05, 0) is 23.9 Å². The lowest BCUT2D eigenvalue weighted by Crippen LogP contribution is -2.20. The number of fused-ring (bicyclic) bond motifs is 2. The first-order chi connectivity index (χ1) is 10.3. The van der Waals surface area contributed by atoms with E-state index < -0.39 is 0 Å². The number of benzene rings is 1. The highest BCUT2D eigenvalue weighted by Crippen LogP contribution is 2.45. The number of nitrogens with zero attached hydrogens (tertiary/aromatic N) is 2. The first-order valence-corrected chi connectivity index (χ1v) is 8.80. The van der Waals surface area contributed by atoms with Gasteiger partial charge in [-0.1, -0.05) is 23.9 Å². The number of aliphatic imine (C=N–C) groups is 1. The van der Waals surface area contributed by atoms with Crippen LogP contribution >= 0.6 is 23.1 Å². The van der Waals surface area contributed by atoms with Gasteiger partial charge in [-0.15, -0.1) is 11.3 Å². The molecule has 3 heterocycles. The third kappa shape index (κ3) is 2.03. The summed E-state index contributed by atoms with van der Waals surface area (Å²) in [5.74, 6) is 0. The Morgan fingerprint density at radius 1 is 1.33 bits per heavy atom. The van der Waals surface area contributed by atoms with E-state index in [9.17, 15) is 5.11 Å². The number of aliphatic hydroxyl groups excluding tert-OH is 1. The van der Waals surface area contributed by atoms with Crippen LogP contribution in [0.5, 0.6) is 0 Å². The van der Waals surface area contributed by atoms with E-state index >= 15 is 0 Å². The van der Waals surface area contributed by atoms with E-state index in [-0.39, 0.29) is 6.61 Å². The minimum absolute atomic E-state index is 0.186. The predicted molar refractivity (Wildman–Crippen MR) is 91.8 cm³/mol. The summed E-state index contributed by atoms with van der Waals surface area (Å²) in [4.78, 5) is 8.14. The Morgan fingerprint density at radius 2 is 2.24 bits per heavy atom. The summed E-state index contributed by atoms with van der Waals surface area (Å²) in [6.07, 6.45) is 0.703. The Balaban J connectivity index is 1.92. The van der Waals surface area contributed by atoms with Crippen LogP contribution in [-0.4, -0.2) is 34.9 Å². The zero-order valence-corrected chi connectivity index (χ0v) is 13.4. The van der Waals surface area contributed by atoms with Gasteiger partial charge < -0.3 is 10.0 Å². The third-order valence-electron chi connectivity index (χ3n) is 3.96. The number of hydrogen-bond acceptors (Lipinski definition) is 5. The maximum Gasteiger partial charge on any atom is 0.168 e. The standard InChI is InChI=1S/C16H16N2OS2/c1-10-2-3-11(12-5-9-20-15(10)12)14-13(4-8-19)21-16-17-6-7-18(14)16/h2-3,5,9,19H,4,6-8H2,1H3. The van der Waals surface area contributed by atoms with Crippen molar-refractivity contribution in [3.8, 4) is 0 Å². The first kappa shape index (κ1) is 13.4. The topological polar surface area (TPSA) is 35.8 Å². The summed E-state index contributed by atoms with van der Waals surface area (Å²) in [7, 11) is 0. The lowest BCUT2D eigenvalue weighted by Gasteiger charge is -2.18. The zero-order chi connectivity index (χ0) is 14.4. The number of amidine groups is 1. The second-order valence-corrected chi connectivity index (χ2v) is 7.23. The molecule has 4 rings (SSSR count). The number of aryl methyl sites for hydroxylation is 1. The average Bonchev–Trinajstić information content (AvgIpc) is 3.15. The fourth-order valence-corrected chi connectivity index (χ4v) is 5.08. The van der Waals surface area contributed by atoms with Crippen LogP contribution in [0.1, 0.15) is 17.5 Å². The van der Waals surface area contributed by atoms with Crippen molar-refractivity contribution in [3.05, 3.63) is 39.6 Å². The van der Waals surface area contributed by atoms with Gasteiger partial charge in [-0.3, -0.25) is 4.99 Å². The van der Waals surface area contributed by atoms with Gasteiger partial charge in [0.2, 0.25) is 0 Å². The summed E-state index contributed by atoms with van der Waals surface area (Å²) < 4.78 is 1.36. The maximum absolute atomic E-state index is 9.37. The molecule has 0 amide bonds. The minimum Gasteiger partial charge on any atom is -0.396 e. The van der Waals surface area contributed by atoms with E-state index in [0.29, 0.717) is 6.42 Å². The van der Waals surface area contributed by atoms with Crippen molar-refractivity contribution in [1.82, 2.24) is 4.90 Å². The van der Waals surface area contributed by atoms with Crippen molar-refractivity contribution in [2.45, 2.75) is 13.3 Å². The van der Waals surface area contributed by atoms with Crippen molar-refractivity contribution in [3.63, 3.8) is 0 Å². The van der Waals surface area contributed by atoms with Crippen molar-refractivity contribution < 1.29 is 5.11 Å². The van der Waals surface area contributed by atoms with Gasteiger partial charge in [-0.2, -0.15) is 0 Å². The van der Waals surface area contributed by atoms with Gasteiger partial charge in [-0.25, -0.2) is 0 Å². The van der Waals surface area contributed by atoms with Crippen LogP contribution in [0, 0.1) is 6.92 Å². The van der Waals surface area contributed by atoms with E-state index in [0.717, 1.165) is 18.3 Å². The molecule has 0 unspecified atom stereocenters. The second-order valence-electron chi connectivity index (χ2n) is 5.26. The highest BCUT2D eigenvalue weighted by Gasteiger charge is 2.33. The van der Waals surface area contributed by atoms with E-state index in [1.165, 1.54) is 31.8 Å². The zero-order valence-electron chi connectivity index (χ0n) is 11.8. The molecule has 0 bridgehead atoms. The van der Waals surface area contributed by atoms with Gasteiger partial charge in [0.15, 0.2) is 5.17 Å². The summed E-state index contributed by atoms with van der Waals surface area (Å²) in [5.41, 5.74) is 3.86. The summed E-state index contributed by atoms with van der Waals surface area (Å²) in [6, 6.07) is 6.63. The molecule has 2 aliphatic rings. The molecule has 0 saturated carbocycles. The van der Waals surface area contributed by atoms with Crippen LogP contribution in [0.4, 0.5) is 0 Å². The maximum atomic E-state index is 9.37. The minimum atomic E-state index is 0.186. The number of thioether (sulfide) groups is 1. The van der Waals surface area contributed by atoms with Gasteiger partial charge in [0, 0.05) is 40.1 Å². The Kier molecular flexibility index (Phi) is 3.28. The molecular weight excluding hydrogens is 300 g/mol. The first-order valence-electron chi connectivity index (χ1n) is 7.10. The quantitative estimate of drug-likeness (QED) is 0.938. The number of rotatable bonds is 3. The molecule has 108 valence electrons. The van der Waals surface area contributed by atoms with Gasteiger partial charge in [0.05, 0.1) is 12.2 Å². The average molecular weight is 316 g/mol. The van der Waals surface area contributed by atoms with Crippen molar-refractivity contribution >= 4 is 44.0 Å². The van der Waals surface area contributed by atoms with Gasteiger partial charge in [0.25, 0.3) is 0 Å². The number of aliphatic hydroxyl groups is 1. The monoisotopic (exact) mass is 316 g/mol. The molecule has 0 saturated heterocycles. The molecule has 2 aliphatic heterocycles. The smallest absolute Gasteiger partial charge is 0.168 e. The normalized spacial score (nSPS) is 17.8. The molecule has 3 nitrogen and oxygen atoms in total. The van der Waals surface area contributed by atoms with Crippen LogP contribution in [0.25, 0.3) is 15.8 Å². The van der Waals surface area contributed by atoms with Crippen molar-refractivity contribution in [1.29, 1.82) is 0 Å². The van der Waals surface area contributed by atoms with Gasteiger partial charge in [0.1, 0.15) is 0 Å². The van der Waals surface area contributed by atoms with Crippen LogP contribution in [0.2, 0.25) is 0 Å². The molecular formula is C16H16N2OS2. The van der Waals surface area contributed by atoms with E-state index in [1.807, 2.05) is 0 Å². The van der Waals surface area contributed by atoms with Crippen LogP contribution < -0.4 is 0 Å². The number of thiophene rings is 1. The fraction of sp³-hybridized carbons (Fsp3) is 0.312. The Bertz CT molecular complexity index is 776. The van der Waals surface area contributed by atoms with Crippen LogP contribution in [-0.2, 0) is 0 Å². The third-order valence-corrected chi connectivity index (χ3v) is 6.18. The Hall–Kier alpha value is -1.30. The van der Waals surface area contributed by atoms with Crippen molar-refractivity contribution in [2.75, 3.05) is 19.7 Å². The molecule has 5 heteroatoms. The molecule has 1 aromatic heterocycles. The van der Waals surface area contributed by atoms with Crippen molar-refractivity contribution in [2.24, 2.45) is 4.99 Å². The lowest BCUT2D eigenvalue weighted by molar-refractivity contribution is 0.301. The highest BCUT2D eigenvalue weighted by atomic mass is 32.2. The molecule has 0 spiro atoms. The fourth-order valence-electron chi connectivity index (χ4n) is 3.00. The van der Waals surface area contributed by atoms with E-state index in [4.69, 9.17) is 0 Å². The molecule has 21 heavy (non-hydrogen) atoms. The largest absolute Gasteiger partial charge is 0.396 e. The van der Waals surface area contributed by atoms with Crippen LogP contribution in [0.15, 0.2) is 33.5 Å². The summed E-state index contributed by atoms with van der Waals surface area (Å²) in [6.45, 7) is 4.17. The lowest BCUT2D eigenvalue weighted by atomic mass is 10.0. The van der Waals surface area contributed by atoms with Crippen LogP contribution in [0.3, 0.4) is 0 Å². The van der Waals surface area contributed by atoms with E-state index in [1.54, 1.807) is 23.1 Å². The molecule has 0 radical (unpaired) electrons. The molecule has 0 aliphatic carbocycles. The Morgan fingerprint density at radius 3 is 3.10 bits per heavy atom. The second kappa shape index (κ2) is 5.16. The summed E-state index contributed by atoms with van der Waals surface area (Å²) in [5, 5.41) is 13.9. The highest BCUT2D eigenvalue weighted by molar-refractivity contribution is 8.17. The SMILES string of the molecule is Cc1ccc(C2=C(CCO)SC3=NCCN32)c2ccsc12. The molecule has 0 atom stereocenters. The van der Waals surface area contributed by atoms with E-state index in [2.05, 4.69) is 40.4 Å². The molecule has 2 aromatic rings. The summed E-state index contributed by atoms with van der Waals surface area (Å²) >= 11 is 3.52. The predicted octanol–water partition coefficient (Wildman–Crippen LogP) is 3.68. The molecule has 1 aromatic carbocycles. The van der Waals surface area contributed by atoms with Gasteiger partial charge >= 0.3 is 0 Å². The molecule has 1 N–H and O–H groups in total. The molecule has 0 fully saturated rings.